The van der Waals surface area contributed by atoms with Crippen LogP contribution in [-0.2, 0) is 28.6 Å². The van der Waals surface area contributed by atoms with Gasteiger partial charge in [-0.25, -0.2) is 0 Å². The van der Waals surface area contributed by atoms with Gasteiger partial charge in [0.05, 0.1) is 0 Å². The largest absolute Gasteiger partial charge is 0.462 e. The van der Waals surface area contributed by atoms with Crippen LogP contribution in [0.2, 0.25) is 0 Å². The van der Waals surface area contributed by atoms with E-state index in [4.69, 9.17) is 14.2 Å². The third-order valence-electron chi connectivity index (χ3n) is 12.3. The first-order chi connectivity index (χ1) is 32.0. The third kappa shape index (κ3) is 52.2. The minimum atomic E-state index is -0.784. The molecule has 1 unspecified atom stereocenters. The van der Waals surface area contributed by atoms with E-state index in [2.05, 4.69) is 69.4 Å². The summed E-state index contributed by atoms with van der Waals surface area (Å²) in [6.07, 6.45) is 65.2. The SMILES string of the molecule is CCCCCC/C=C\C/C=C\CCCCCCCC(=O)OC(COC(=O)CCCCCCC/C=C\CCCCCCC)COC(=O)CCCCCCCCC/C=C\CCCCCCCC. The molecule has 0 aliphatic rings. The van der Waals surface area contributed by atoms with E-state index >= 15 is 0 Å². The standard InChI is InChI=1S/C59H106O6/c1-4-7-10-13-16-19-22-25-28-30-32-34-37-40-43-46-49-52-58(61)64-55-56(54-63-57(60)51-48-45-42-39-36-33-27-24-21-18-15-12-9-6-3)65-59(62)53-50-47-44-41-38-35-31-29-26-23-20-17-14-11-8-5-2/h20,23-25,27-29,31,56H,4-19,21-22,26,30,32-55H2,1-3H3/b23-20-,27-24-,28-25-,31-29-. The number of esters is 3. The van der Waals surface area contributed by atoms with E-state index in [0.717, 1.165) is 89.9 Å². The van der Waals surface area contributed by atoms with Crippen LogP contribution in [0.1, 0.15) is 290 Å². The van der Waals surface area contributed by atoms with Crippen LogP contribution in [0, 0.1) is 0 Å². The number of rotatable bonds is 51. The Morgan fingerprint density at radius 3 is 0.877 bits per heavy atom. The molecule has 0 aromatic carbocycles. The van der Waals surface area contributed by atoms with Gasteiger partial charge in [-0.2, -0.15) is 0 Å². The lowest BCUT2D eigenvalue weighted by molar-refractivity contribution is -0.167. The van der Waals surface area contributed by atoms with E-state index in [1.807, 2.05) is 0 Å². The summed E-state index contributed by atoms with van der Waals surface area (Å²) in [5.74, 6) is -0.898. The van der Waals surface area contributed by atoms with E-state index in [1.165, 1.54) is 161 Å². The molecule has 0 rings (SSSR count). The van der Waals surface area contributed by atoms with Crippen molar-refractivity contribution >= 4 is 17.9 Å². The molecule has 6 nitrogen and oxygen atoms in total. The second kappa shape index (κ2) is 54.0. The normalized spacial score (nSPS) is 12.4. The maximum atomic E-state index is 12.8. The minimum absolute atomic E-state index is 0.0825. The van der Waals surface area contributed by atoms with Crippen LogP contribution in [-0.4, -0.2) is 37.2 Å². The fraction of sp³-hybridized carbons (Fsp3) is 0.814. The molecule has 0 saturated carbocycles. The van der Waals surface area contributed by atoms with Gasteiger partial charge in [0, 0.05) is 19.3 Å². The third-order valence-corrected chi connectivity index (χ3v) is 12.3. The van der Waals surface area contributed by atoms with Crippen molar-refractivity contribution in [3.05, 3.63) is 48.6 Å². The van der Waals surface area contributed by atoms with Crippen molar-refractivity contribution in [3.8, 4) is 0 Å². The Hall–Kier alpha value is -2.63. The van der Waals surface area contributed by atoms with Gasteiger partial charge in [0.1, 0.15) is 13.2 Å². The van der Waals surface area contributed by atoms with Gasteiger partial charge in [0.15, 0.2) is 6.10 Å². The number of hydrogen-bond donors (Lipinski definition) is 0. The average Bonchev–Trinajstić information content (AvgIpc) is 3.30. The van der Waals surface area contributed by atoms with Crippen LogP contribution in [0.25, 0.3) is 0 Å². The molecule has 0 saturated heterocycles. The Morgan fingerprint density at radius 1 is 0.308 bits per heavy atom. The molecule has 0 aliphatic carbocycles. The van der Waals surface area contributed by atoms with E-state index in [-0.39, 0.29) is 31.1 Å². The van der Waals surface area contributed by atoms with Gasteiger partial charge >= 0.3 is 17.9 Å². The molecule has 0 amide bonds. The summed E-state index contributed by atoms with van der Waals surface area (Å²) in [4.78, 5) is 38.1. The van der Waals surface area contributed by atoms with E-state index in [9.17, 15) is 14.4 Å². The second-order valence-electron chi connectivity index (χ2n) is 18.8. The Labute approximate surface area is 403 Å². The minimum Gasteiger partial charge on any atom is -0.462 e. The fourth-order valence-electron chi connectivity index (χ4n) is 7.99. The molecule has 0 aromatic rings. The average molecular weight is 911 g/mol. The van der Waals surface area contributed by atoms with Gasteiger partial charge in [-0.1, -0.05) is 217 Å². The van der Waals surface area contributed by atoms with E-state index in [0.29, 0.717) is 19.3 Å². The zero-order chi connectivity index (χ0) is 47.2. The van der Waals surface area contributed by atoms with Crippen molar-refractivity contribution in [1.29, 1.82) is 0 Å². The number of carbonyl (C=O) groups excluding carboxylic acids is 3. The lowest BCUT2D eigenvalue weighted by Crippen LogP contribution is -2.30. The highest BCUT2D eigenvalue weighted by atomic mass is 16.6. The van der Waals surface area contributed by atoms with E-state index < -0.39 is 6.10 Å². The molecular weight excluding hydrogens is 805 g/mol. The number of allylic oxidation sites excluding steroid dienone is 8. The lowest BCUT2D eigenvalue weighted by atomic mass is 10.1. The number of hydrogen-bond acceptors (Lipinski definition) is 6. The summed E-state index contributed by atoms with van der Waals surface area (Å²) in [7, 11) is 0. The quantitative estimate of drug-likeness (QED) is 0.0262. The molecule has 0 bridgehead atoms. The van der Waals surface area contributed by atoms with Gasteiger partial charge in [-0.3, -0.25) is 14.4 Å². The topological polar surface area (TPSA) is 78.9 Å². The Kier molecular flexibility index (Phi) is 51.8. The van der Waals surface area contributed by atoms with Crippen LogP contribution >= 0.6 is 0 Å². The molecule has 378 valence electrons. The zero-order valence-electron chi connectivity index (χ0n) is 43.3. The second-order valence-corrected chi connectivity index (χ2v) is 18.8. The number of ether oxygens (including phenoxy) is 3. The Balaban J connectivity index is 4.40. The first-order valence-corrected chi connectivity index (χ1v) is 28.1. The molecule has 0 fully saturated rings. The first kappa shape index (κ1) is 62.4. The smallest absolute Gasteiger partial charge is 0.306 e. The van der Waals surface area contributed by atoms with Crippen molar-refractivity contribution in [3.63, 3.8) is 0 Å². The van der Waals surface area contributed by atoms with Crippen molar-refractivity contribution in [2.45, 2.75) is 297 Å². The van der Waals surface area contributed by atoms with Crippen LogP contribution < -0.4 is 0 Å². The van der Waals surface area contributed by atoms with Crippen molar-refractivity contribution in [2.75, 3.05) is 13.2 Å². The summed E-state index contributed by atoms with van der Waals surface area (Å²) in [6, 6.07) is 0. The van der Waals surface area contributed by atoms with Crippen LogP contribution in [0.5, 0.6) is 0 Å². The summed E-state index contributed by atoms with van der Waals surface area (Å²) in [5, 5.41) is 0. The lowest BCUT2D eigenvalue weighted by Gasteiger charge is -2.18. The fourth-order valence-corrected chi connectivity index (χ4v) is 7.99. The molecule has 65 heavy (non-hydrogen) atoms. The molecule has 0 N–H and O–H groups in total. The first-order valence-electron chi connectivity index (χ1n) is 28.1. The van der Waals surface area contributed by atoms with Gasteiger partial charge in [0.2, 0.25) is 0 Å². The molecule has 0 aliphatic heterocycles. The summed E-state index contributed by atoms with van der Waals surface area (Å²) >= 11 is 0. The predicted molar refractivity (Wildman–Crippen MR) is 279 cm³/mol. The Bertz CT molecular complexity index is 1140. The van der Waals surface area contributed by atoms with Gasteiger partial charge in [-0.15, -0.1) is 0 Å². The van der Waals surface area contributed by atoms with Gasteiger partial charge in [-0.05, 0) is 103 Å². The molecule has 0 heterocycles. The van der Waals surface area contributed by atoms with Gasteiger partial charge in [0.25, 0.3) is 0 Å². The number of unbranched alkanes of at least 4 members (excludes halogenated alkanes) is 32. The molecule has 0 spiro atoms. The molecule has 0 aromatic heterocycles. The highest BCUT2D eigenvalue weighted by Gasteiger charge is 2.19. The Morgan fingerprint density at radius 2 is 0.554 bits per heavy atom. The molecule has 1 atom stereocenters. The molecule has 0 radical (unpaired) electrons. The monoisotopic (exact) mass is 911 g/mol. The van der Waals surface area contributed by atoms with Gasteiger partial charge < -0.3 is 14.2 Å². The van der Waals surface area contributed by atoms with Crippen molar-refractivity contribution in [2.24, 2.45) is 0 Å². The molecule has 6 heteroatoms. The maximum Gasteiger partial charge on any atom is 0.306 e. The van der Waals surface area contributed by atoms with Crippen LogP contribution in [0.4, 0.5) is 0 Å². The summed E-state index contributed by atoms with van der Waals surface area (Å²) in [6.45, 7) is 6.61. The summed E-state index contributed by atoms with van der Waals surface area (Å²) < 4.78 is 16.8. The van der Waals surface area contributed by atoms with Crippen LogP contribution in [0.3, 0.4) is 0 Å². The van der Waals surface area contributed by atoms with Crippen molar-refractivity contribution < 1.29 is 28.6 Å². The maximum absolute atomic E-state index is 12.8. The molecular formula is C59H106O6. The van der Waals surface area contributed by atoms with Crippen molar-refractivity contribution in [1.82, 2.24) is 0 Å². The summed E-state index contributed by atoms with van der Waals surface area (Å²) in [5.41, 5.74) is 0. The van der Waals surface area contributed by atoms with Crippen LogP contribution in [0.15, 0.2) is 48.6 Å². The predicted octanol–water partition coefficient (Wildman–Crippen LogP) is 18.7. The highest BCUT2D eigenvalue weighted by molar-refractivity contribution is 5.71. The van der Waals surface area contributed by atoms with E-state index in [1.54, 1.807) is 0 Å². The number of carbonyl (C=O) groups is 3. The highest BCUT2D eigenvalue weighted by Crippen LogP contribution is 2.15. The zero-order valence-corrected chi connectivity index (χ0v) is 43.3.